The van der Waals surface area contributed by atoms with Crippen LogP contribution in [0.3, 0.4) is 0 Å². The molecule has 7 heteroatoms. The lowest BCUT2D eigenvalue weighted by molar-refractivity contribution is 0.249. The predicted octanol–water partition coefficient (Wildman–Crippen LogP) is 4.56. The van der Waals surface area contributed by atoms with Crippen molar-refractivity contribution >= 4 is 41.3 Å². The van der Waals surface area contributed by atoms with Crippen molar-refractivity contribution in [2.45, 2.75) is 13.1 Å². The summed E-state index contributed by atoms with van der Waals surface area (Å²) < 4.78 is 5.19. The number of anilines is 2. The summed E-state index contributed by atoms with van der Waals surface area (Å²) in [6.07, 6.45) is 0. The van der Waals surface area contributed by atoms with E-state index in [1.54, 1.807) is 7.11 Å². The molecular weight excluding hydrogens is 525 g/mol. The summed E-state index contributed by atoms with van der Waals surface area (Å²) in [6.45, 7) is 5.67. The SMILES string of the molecule is COc1ccc(NC(N)=NCc2ccccc2CN2CCN(c3ccccc3)CC2)cc1.I. The number of aliphatic imine (C=N–C) groups is 1. The van der Waals surface area contributed by atoms with Crippen molar-refractivity contribution in [2.24, 2.45) is 10.7 Å². The van der Waals surface area contributed by atoms with Crippen LogP contribution in [0.25, 0.3) is 0 Å². The van der Waals surface area contributed by atoms with Gasteiger partial charge in [-0.3, -0.25) is 4.90 Å². The number of piperazine rings is 1. The molecule has 3 aromatic carbocycles. The molecule has 1 aliphatic rings. The molecule has 0 saturated carbocycles. The molecule has 1 heterocycles. The summed E-state index contributed by atoms with van der Waals surface area (Å²) in [5.74, 6) is 1.21. The number of nitrogens with one attached hydrogen (secondary N) is 1. The minimum Gasteiger partial charge on any atom is -0.497 e. The lowest BCUT2D eigenvalue weighted by atomic mass is 10.1. The lowest BCUT2D eigenvalue weighted by Gasteiger charge is -2.36. The average Bonchev–Trinajstić information content (AvgIpc) is 2.85. The van der Waals surface area contributed by atoms with E-state index in [1.165, 1.54) is 16.8 Å². The molecule has 0 atom stereocenters. The summed E-state index contributed by atoms with van der Waals surface area (Å²) >= 11 is 0. The minimum absolute atomic E-state index is 0. The van der Waals surface area contributed by atoms with Crippen molar-refractivity contribution in [2.75, 3.05) is 43.5 Å². The highest BCUT2D eigenvalue weighted by molar-refractivity contribution is 14.0. The van der Waals surface area contributed by atoms with Gasteiger partial charge in [0.2, 0.25) is 0 Å². The number of guanidine groups is 1. The van der Waals surface area contributed by atoms with Gasteiger partial charge in [0.1, 0.15) is 5.75 Å². The second kappa shape index (κ2) is 12.5. The maximum atomic E-state index is 6.12. The fourth-order valence-corrected chi connectivity index (χ4v) is 3.94. The Morgan fingerprint density at radius 3 is 2.18 bits per heavy atom. The van der Waals surface area contributed by atoms with Crippen molar-refractivity contribution < 1.29 is 4.74 Å². The van der Waals surface area contributed by atoms with Crippen LogP contribution < -0.4 is 20.7 Å². The molecule has 4 rings (SSSR count). The van der Waals surface area contributed by atoms with Gasteiger partial charge >= 0.3 is 0 Å². The number of para-hydroxylation sites is 1. The van der Waals surface area contributed by atoms with Gasteiger partial charge in [0.05, 0.1) is 13.7 Å². The zero-order valence-electron chi connectivity index (χ0n) is 19.0. The Morgan fingerprint density at radius 1 is 0.879 bits per heavy atom. The van der Waals surface area contributed by atoms with Crippen molar-refractivity contribution in [1.82, 2.24) is 4.90 Å². The van der Waals surface area contributed by atoms with Gasteiger partial charge in [0.25, 0.3) is 0 Å². The van der Waals surface area contributed by atoms with Gasteiger partial charge in [0, 0.05) is 44.1 Å². The van der Waals surface area contributed by atoms with Crippen molar-refractivity contribution in [3.8, 4) is 5.75 Å². The first-order chi connectivity index (χ1) is 15.7. The molecule has 33 heavy (non-hydrogen) atoms. The van der Waals surface area contributed by atoms with Crippen LogP contribution in [0.4, 0.5) is 11.4 Å². The molecule has 3 aromatic rings. The highest BCUT2D eigenvalue weighted by atomic mass is 127. The van der Waals surface area contributed by atoms with Gasteiger partial charge in [-0.05, 0) is 47.5 Å². The van der Waals surface area contributed by atoms with E-state index in [9.17, 15) is 0 Å². The lowest BCUT2D eigenvalue weighted by Crippen LogP contribution is -2.46. The molecule has 3 N–H and O–H groups in total. The van der Waals surface area contributed by atoms with E-state index in [4.69, 9.17) is 10.5 Å². The van der Waals surface area contributed by atoms with Gasteiger partial charge in [-0.2, -0.15) is 0 Å². The summed E-state index contributed by atoms with van der Waals surface area (Å²) in [7, 11) is 1.65. The van der Waals surface area contributed by atoms with E-state index in [-0.39, 0.29) is 24.0 Å². The number of rotatable bonds is 7. The topological polar surface area (TPSA) is 66.1 Å². The van der Waals surface area contributed by atoms with E-state index in [1.807, 2.05) is 24.3 Å². The second-order valence-electron chi connectivity index (χ2n) is 7.92. The van der Waals surface area contributed by atoms with Gasteiger partial charge in [-0.1, -0.05) is 42.5 Å². The number of halogens is 1. The van der Waals surface area contributed by atoms with E-state index >= 15 is 0 Å². The molecule has 174 valence electrons. The van der Waals surface area contributed by atoms with Crippen LogP contribution in [0.2, 0.25) is 0 Å². The van der Waals surface area contributed by atoms with Crippen LogP contribution in [0, 0.1) is 0 Å². The Kier molecular flexibility index (Phi) is 9.38. The smallest absolute Gasteiger partial charge is 0.193 e. The average molecular weight is 557 g/mol. The standard InChI is InChI=1S/C26H31N5O.HI/c1-32-25-13-11-23(12-14-25)29-26(27)28-19-21-7-5-6-8-22(21)20-30-15-17-31(18-16-30)24-9-3-2-4-10-24;/h2-14H,15-20H2,1H3,(H3,27,28,29);1H. The number of ether oxygens (including phenoxy) is 1. The number of methoxy groups -OCH3 is 1. The Morgan fingerprint density at radius 2 is 1.52 bits per heavy atom. The molecule has 1 saturated heterocycles. The number of hydrogen-bond donors (Lipinski definition) is 2. The molecule has 1 aliphatic heterocycles. The highest BCUT2D eigenvalue weighted by Crippen LogP contribution is 2.19. The Labute approximate surface area is 213 Å². The predicted molar refractivity (Wildman–Crippen MR) is 148 cm³/mol. The fourth-order valence-electron chi connectivity index (χ4n) is 3.94. The largest absolute Gasteiger partial charge is 0.497 e. The quantitative estimate of drug-likeness (QED) is 0.253. The first-order valence-corrected chi connectivity index (χ1v) is 11.0. The van der Waals surface area contributed by atoms with Gasteiger partial charge < -0.3 is 20.7 Å². The minimum atomic E-state index is 0. The summed E-state index contributed by atoms with van der Waals surface area (Å²) in [5, 5.41) is 3.14. The third-order valence-electron chi connectivity index (χ3n) is 5.79. The van der Waals surface area contributed by atoms with Crippen molar-refractivity contribution in [3.05, 3.63) is 90.0 Å². The third-order valence-corrected chi connectivity index (χ3v) is 5.79. The molecule has 0 spiro atoms. The summed E-state index contributed by atoms with van der Waals surface area (Å²) in [4.78, 5) is 9.53. The first-order valence-electron chi connectivity index (χ1n) is 11.0. The highest BCUT2D eigenvalue weighted by Gasteiger charge is 2.18. The van der Waals surface area contributed by atoms with Crippen molar-refractivity contribution in [1.29, 1.82) is 0 Å². The van der Waals surface area contributed by atoms with Crippen LogP contribution in [-0.4, -0.2) is 44.1 Å². The molecule has 0 radical (unpaired) electrons. The van der Waals surface area contributed by atoms with Gasteiger partial charge in [-0.15, -0.1) is 24.0 Å². The summed E-state index contributed by atoms with van der Waals surface area (Å²) in [6, 6.07) is 26.8. The zero-order chi connectivity index (χ0) is 22.2. The number of hydrogen-bond acceptors (Lipinski definition) is 4. The van der Waals surface area contributed by atoms with Gasteiger partial charge in [0.15, 0.2) is 5.96 Å². The Bertz CT molecular complexity index is 1020. The van der Waals surface area contributed by atoms with Crippen LogP contribution in [0.15, 0.2) is 83.9 Å². The van der Waals surface area contributed by atoms with Crippen LogP contribution >= 0.6 is 24.0 Å². The maximum absolute atomic E-state index is 6.12. The molecule has 0 amide bonds. The van der Waals surface area contributed by atoms with Crippen LogP contribution in [-0.2, 0) is 13.1 Å². The molecule has 6 nitrogen and oxygen atoms in total. The molecular formula is C26H32IN5O. The number of benzene rings is 3. The van der Waals surface area contributed by atoms with Crippen LogP contribution in [0.5, 0.6) is 5.75 Å². The third kappa shape index (κ3) is 7.10. The van der Waals surface area contributed by atoms with Crippen molar-refractivity contribution in [3.63, 3.8) is 0 Å². The number of nitrogens with two attached hydrogens (primary N) is 1. The normalized spacial score (nSPS) is 14.5. The molecule has 0 bridgehead atoms. The van der Waals surface area contributed by atoms with Gasteiger partial charge in [-0.25, -0.2) is 4.99 Å². The summed E-state index contributed by atoms with van der Waals surface area (Å²) in [5.41, 5.74) is 10.8. The van der Waals surface area contributed by atoms with E-state index in [2.05, 4.69) is 74.7 Å². The van der Waals surface area contributed by atoms with E-state index in [0.29, 0.717) is 12.5 Å². The Hall–Kier alpha value is -2.78. The zero-order valence-corrected chi connectivity index (χ0v) is 21.3. The van der Waals surface area contributed by atoms with E-state index < -0.39 is 0 Å². The Balaban J connectivity index is 0.00000306. The van der Waals surface area contributed by atoms with Crippen LogP contribution in [0.1, 0.15) is 11.1 Å². The maximum Gasteiger partial charge on any atom is 0.193 e. The molecule has 0 aliphatic carbocycles. The fraction of sp³-hybridized carbons (Fsp3) is 0.269. The first kappa shape index (κ1) is 24.9. The molecule has 0 unspecified atom stereocenters. The molecule has 1 fully saturated rings. The monoisotopic (exact) mass is 557 g/mol. The number of nitrogens with zero attached hydrogens (tertiary/aromatic N) is 3. The second-order valence-corrected chi connectivity index (χ2v) is 7.92. The van der Waals surface area contributed by atoms with E-state index in [0.717, 1.165) is 44.2 Å². The molecule has 0 aromatic heterocycles.